The number of nitrogens with two attached hydrogens (primary N) is 1. The summed E-state index contributed by atoms with van der Waals surface area (Å²) in [5.74, 6) is 2.37. The average Bonchev–Trinajstić information content (AvgIpc) is 2.89. The van der Waals surface area contributed by atoms with E-state index in [0.717, 1.165) is 33.9 Å². The second-order valence-electron chi connectivity index (χ2n) is 6.73. The zero-order valence-corrected chi connectivity index (χ0v) is 13.8. The molecule has 0 amide bonds. The first kappa shape index (κ1) is 15.0. The summed E-state index contributed by atoms with van der Waals surface area (Å²) in [7, 11) is 0. The van der Waals surface area contributed by atoms with Gasteiger partial charge in [0.15, 0.2) is 11.5 Å². The third-order valence-electron chi connectivity index (χ3n) is 3.92. The number of aromatic nitrogens is 3. The van der Waals surface area contributed by atoms with Crippen LogP contribution in [-0.2, 0) is 6.54 Å². The molecule has 0 spiro atoms. The highest BCUT2D eigenvalue weighted by Crippen LogP contribution is 2.36. The van der Waals surface area contributed by atoms with E-state index in [4.69, 9.17) is 20.2 Å². The molecule has 0 fully saturated rings. The van der Waals surface area contributed by atoms with Gasteiger partial charge in [0.05, 0.1) is 11.0 Å². The molecule has 6 nitrogen and oxygen atoms in total. The molecule has 0 saturated heterocycles. The van der Waals surface area contributed by atoms with Crippen LogP contribution in [0.4, 0.5) is 0 Å². The zero-order valence-electron chi connectivity index (χ0n) is 13.8. The quantitative estimate of drug-likeness (QED) is 0.801. The van der Waals surface area contributed by atoms with Crippen molar-refractivity contribution in [2.45, 2.75) is 25.9 Å². The first-order valence-electron chi connectivity index (χ1n) is 8.00. The van der Waals surface area contributed by atoms with Gasteiger partial charge in [0.1, 0.15) is 19.0 Å². The van der Waals surface area contributed by atoms with Crippen molar-refractivity contribution in [1.29, 1.82) is 0 Å². The molecule has 0 saturated carbocycles. The lowest BCUT2D eigenvalue weighted by Gasteiger charge is -2.22. The van der Waals surface area contributed by atoms with Gasteiger partial charge >= 0.3 is 0 Å². The summed E-state index contributed by atoms with van der Waals surface area (Å²) in [5.41, 5.74) is 8.78. The van der Waals surface area contributed by atoms with E-state index >= 15 is 0 Å². The van der Waals surface area contributed by atoms with Crippen molar-refractivity contribution in [3.8, 4) is 22.9 Å². The second kappa shape index (κ2) is 5.49. The summed E-state index contributed by atoms with van der Waals surface area (Å²) in [6.45, 7) is 5.78. The largest absolute Gasteiger partial charge is 0.486 e. The van der Waals surface area contributed by atoms with Crippen LogP contribution < -0.4 is 15.2 Å². The van der Waals surface area contributed by atoms with Gasteiger partial charge in [0.25, 0.3) is 0 Å². The van der Waals surface area contributed by atoms with Gasteiger partial charge in [-0.05, 0) is 26.0 Å². The molecular weight excluding hydrogens is 304 g/mol. The predicted octanol–water partition coefficient (Wildman–Crippen LogP) is 2.61. The molecule has 24 heavy (non-hydrogen) atoms. The summed E-state index contributed by atoms with van der Waals surface area (Å²) in [6.07, 6.45) is 3.54. The Hall–Kier alpha value is -2.60. The highest BCUT2D eigenvalue weighted by Gasteiger charge is 2.22. The van der Waals surface area contributed by atoms with Gasteiger partial charge in [0.2, 0.25) is 0 Å². The van der Waals surface area contributed by atoms with Crippen molar-refractivity contribution in [2.75, 3.05) is 13.2 Å². The highest BCUT2D eigenvalue weighted by atomic mass is 16.6. The van der Waals surface area contributed by atoms with Gasteiger partial charge in [-0.2, -0.15) is 0 Å². The molecular formula is C18H20N4O2. The van der Waals surface area contributed by atoms with Crippen LogP contribution in [0, 0.1) is 0 Å². The van der Waals surface area contributed by atoms with E-state index in [-0.39, 0.29) is 5.54 Å². The van der Waals surface area contributed by atoms with E-state index in [1.165, 1.54) is 0 Å². The average molecular weight is 324 g/mol. The number of nitrogens with zero attached hydrogens (tertiary/aromatic N) is 3. The molecule has 6 heteroatoms. The van der Waals surface area contributed by atoms with Crippen molar-refractivity contribution in [2.24, 2.45) is 5.73 Å². The molecule has 0 bridgehead atoms. The number of hydrogen-bond donors (Lipinski definition) is 1. The molecule has 3 heterocycles. The maximum absolute atomic E-state index is 6.29. The first-order valence-corrected chi connectivity index (χ1v) is 8.00. The molecule has 3 aromatic rings. The fourth-order valence-corrected chi connectivity index (χ4v) is 2.95. The molecule has 1 aliphatic heterocycles. The van der Waals surface area contributed by atoms with E-state index in [9.17, 15) is 0 Å². The molecule has 0 atom stereocenters. The molecule has 4 rings (SSSR count). The molecule has 1 aromatic carbocycles. The van der Waals surface area contributed by atoms with Crippen LogP contribution in [0.1, 0.15) is 13.8 Å². The standard InChI is InChI=1S/C18H20N4O2/c1-18(2,19)11-22-14-10-16-15(23-7-8-24-16)9-13(14)21-17(22)12-3-5-20-6-4-12/h3-6,9-10H,7-8,11,19H2,1-2H3. The topological polar surface area (TPSA) is 75.2 Å². The number of fused-ring (bicyclic) bond motifs is 2. The van der Waals surface area contributed by atoms with Crippen LogP contribution in [0.5, 0.6) is 11.5 Å². The van der Waals surface area contributed by atoms with Gasteiger partial charge in [-0.15, -0.1) is 0 Å². The Balaban J connectivity index is 1.95. The Bertz CT molecular complexity index is 881. The maximum atomic E-state index is 6.29. The van der Waals surface area contributed by atoms with Gasteiger partial charge in [-0.3, -0.25) is 4.98 Å². The van der Waals surface area contributed by atoms with Crippen molar-refractivity contribution in [1.82, 2.24) is 14.5 Å². The van der Waals surface area contributed by atoms with Gasteiger partial charge < -0.3 is 19.8 Å². The van der Waals surface area contributed by atoms with Crippen molar-refractivity contribution in [3.05, 3.63) is 36.7 Å². The zero-order chi connectivity index (χ0) is 16.7. The van der Waals surface area contributed by atoms with Crippen molar-refractivity contribution < 1.29 is 9.47 Å². The van der Waals surface area contributed by atoms with Crippen LogP contribution >= 0.6 is 0 Å². The number of ether oxygens (including phenoxy) is 2. The molecule has 0 unspecified atom stereocenters. The predicted molar refractivity (Wildman–Crippen MR) is 92.2 cm³/mol. The number of benzene rings is 1. The fraction of sp³-hybridized carbons (Fsp3) is 0.333. The lowest BCUT2D eigenvalue weighted by Crippen LogP contribution is -2.37. The van der Waals surface area contributed by atoms with Gasteiger partial charge in [0, 0.05) is 42.2 Å². The third-order valence-corrected chi connectivity index (χ3v) is 3.92. The Kier molecular flexibility index (Phi) is 3.42. The van der Waals surface area contributed by atoms with E-state index in [2.05, 4.69) is 9.55 Å². The van der Waals surface area contributed by atoms with Gasteiger partial charge in [-0.25, -0.2) is 4.98 Å². The van der Waals surface area contributed by atoms with Crippen molar-refractivity contribution >= 4 is 11.0 Å². The smallest absolute Gasteiger partial charge is 0.163 e. The molecule has 2 N–H and O–H groups in total. The third kappa shape index (κ3) is 2.69. The molecule has 1 aliphatic rings. The van der Waals surface area contributed by atoms with Gasteiger partial charge in [-0.1, -0.05) is 0 Å². The number of hydrogen-bond acceptors (Lipinski definition) is 5. The minimum atomic E-state index is -0.372. The Morgan fingerprint density at radius 1 is 1.12 bits per heavy atom. The molecule has 124 valence electrons. The highest BCUT2D eigenvalue weighted by molar-refractivity contribution is 5.84. The SMILES string of the molecule is CC(C)(N)Cn1c(-c2ccncc2)nc2cc3c(cc21)OCCO3. The molecule has 0 radical (unpaired) electrons. The Morgan fingerprint density at radius 2 is 1.79 bits per heavy atom. The van der Waals surface area contributed by atoms with Crippen LogP contribution in [0.15, 0.2) is 36.7 Å². The lowest BCUT2D eigenvalue weighted by atomic mass is 10.1. The second-order valence-corrected chi connectivity index (χ2v) is 6.73. The Morgan fingerprint density at radius 3 is 2.46 bits per heavy atom. The van der Waals surface area contributed by atoms with Crippen LogP contribution in [0.25, 0.3) is 22.4 Å². The Labute approximate surface area is 140 Å². The molecule has 0 aliphatic carbocycles. The number of imidazole rings is 1. The summed E-state index contributed by atoms with van der Waals surface area (Å²) in [5, 5.41) is 0. The summed E-state index contributed by atoms with van der Waals surface area (Å²) >= 11 is 0. The van der Waals surface area contributed by atoms with E-state index in [1.807, 2.05) is 38.1 Å². The summed E-state index contributed by atoms with van der Waals surface area (Å²) in [4.78, 5) is 8.91. The van der Waals surface area contributed by atoms with Crippen LogP contribution in [0.2, 0.25) is 0 Å². The summed E-state index contributed by atoms with van der Waals surface area (Å²) in [6, 6.07) is 7.84. The normalized spacial score (nSPS) is 14.1. The van der Waals surface area contributed by atoms with E-state index in [1.54, 1.807) is 12.4 Å². The number of pyridine rings is 1. The fourth-order valence-electron chi connectivity index (χ4n) is 2.95. The number of rotatable bonds is 3. The van der Waals surface area contributed by atoms with Crippen molar-refractivity contribution in [3.63, 3.8) is 0 Å². The van der Waals surface area contributed by atoms with Crippen LogP contribution in [0.3, 0.4) is 0 Å². The minimum absolute atomic E-state index is 0.372. The van der Waals surface area contributed by atoms with Crippen LogP contribution in [-0.4, -0.2) is 33.3 Å². The maximum Gasteiger partial charge on any atom is 0.163 e. The summed E-state index contributed by atoms with van der Waals surface area (Å²) < 4.78 is 13.5. The first-order chi connectivity index (χ1) is 11.5. The minimum Gasteiger partial charge on any atom is -0.486 e. The lowest BCUT2D eigenvalue weighted by molar-refractivity contribution is 0.172. The van der Waals surface area contributed by atoms with E-state index in [0.29, 0.717) is 19.8 Å². The molecule has 2 aromatic heterocycles. The van der Waals surface area contributed by atoms with E-state index < -0.39 is 0 Å². The monoisotopic (exact) mass is 324 g/mol.